The Balaban J connectivity index is 1.31. The number of anilines is 1. The predicted octanol–water partition coefficient (Wildman–Crippen LogP) is 4.17. The normalized spacial score (nSPS) is 16.1. The predicted molar refractivity (Wildman–Crippen MR) is 101 cm³/mol. The zero-order chi connectivity index (χ0) is 15.5. The van der Waals surface area contributed by atoms with Gasteiger partial charge in [0.1, 0.15) is 0 Å². The summed E-state index contributed by atoms with van der Waals surface area (Å²) in [6, 6.07) is 19.1. The summed E-state index contributed by atoms with van der Waals surface area (Å²) in [6.07, 6.45) is 0. The van der Waals surface area contributed by atoms with E-state index >= 15 is 0 Å². The van der Waals surface area contributed by atoms with Gasteiger partial charge in [0.15, 0.2) is 4.34 Å². The van der Waals surface area contributed by atoms with Crippen LogP contribution >= 0.6 is 23.1 Å². The molecular weight excluding hydrogens is 322 g/mol. The van der Waals surface area contributed by atoms with E-state index in [0.717, 1.165) is 37.6 Å². The highest BCUT2D eigenvalue weighted by molar-refractivity contribution is 8.01. The maximum Gasteiger partial charge on any atom is 0.152 e. The van der Waals surface area contributed by atoms with Gasteiger partial charge in [-0.1, -0.05) is 42.1 Å². The van der Waals surface area contributed by atoms with Gasteiger partial charge in [0.25, 0.3) is 0 Å². The van der Waals surface area contributed by atoms with Crippen LogP contribution in [-0.4, -0.2) is 41.9 Å². The second-order valence-electron chi connectivity index (χ2n) is 5.66. The van der Waals surface area contributed by atoms with E-state index in [1.807, 2.05) is 11.8 Å². The van der Waals surface area contributed by atoms with Gasteiger partial charge in [0.2, 0.25) is 0 Å². The van der Waals surface area contributed by atoms with Crippen molar-refractivity contribution < 1.29 is 0 Å². The van der Waals surface area contributed by atoms with Crippen molar-refractivity contribution in [1.82, 2.24) is 9.88 Å². The van der Waals surface area contributed by atoms with Crippen LogP contribution in [0, 0.1) is 0 Å². The summed E-state index contributed by atoms with van der Waals surface area (Å²) >= 11 is 3.66. The zero-order valence-electron chi connectivity index (χ0n) is 12.9. The van der Waals surface area contributed by atoms with Gasteiger partial charge in [-0.2, -0.15) is 0 Å². The van der Waals surface area contributed by atoms with Gasteiger partial charge in [-0.05, 0) is 24.3 Å². The summed E-state index contributed by atoms with van der Waals surface area (Å²) in [7, 11) is 0. The molecular formula is C18H19N3S2. The number of aromatic nitrogens is 1. The Hall–Kier alpha value is -1.56. The van der Waals surface area contributed by atoms with Crippen LogP contribution < -0.4 is 4.90 Å². The van der Waals surface area contributed by atoms with Gasteiger partial charge < -0.3 is 4.90 Å². The third-order valence-electron chi connectivity index (χ3n) is 4.14. The van der Waals surface area contributed by atoms with Gasteiger partial charge >= 0.3 is 0 Å². The molecule has 3 aromatic rings. The minimum absolute atomic E-state index is 1.03. The Morgan fingerprint density at radius 1 is 0.913 bits per heavy atom. The highest BCUT2D eigenvalue weighted by Crippen LogP contribution is 2.30. The fraction of sp³-hybridized carbons (Fsp3) is 0.278. The van der Waals surface area contributed by atoms with Crippen LogP contribution in [0.15, 0.2) is 58.9 Å². The Labute approximate surface area is 144 Å². The summed E-state index contributed by atoms with van der Waals surface area (Å²) in [4.78, 5) is 9.70. The Morgan fingerprint density at radius 3 is 2.43 bits per heavy atom. The van der Waals surface area contributed by atoms with Gasteiger partial charge in [-0.25, -0.2) is 4.98 Å². The highest BCUT2D eigenvalue weighted by atomic mass is 32.2. The molecule has 118 valence electrons. The number of rotatable bonds is 4. The molecule has 2 heterocycles. The summed E-state index contributed by atoms with van der Waals surface area (Å²) in [6.45, 7) is 4.44. The smallest absolute Gasteiger partial charge is 0.152 e. The first kappa shape index (κ1) is 15.0. The summed E-state index contributed by atoms with van der Waals surface area (Å²) in [5.74, 6) is 1.03. The number of hydrogen-bond donors (Lipinski definition) is 0. The van der Waals surface area contributed by atoms with Crippen LogP contribution in [0.25, 0.3) is 10.2 Å². The van der Waals surface area contributed by atoms with E-state index in [1.165, 1.54) is 14.7 Å². The maximum absolute atomic E-state index is 4.70. The standard InChI is InChI=1S/C18H19N3S2/c1-2-6-15(7-3-1)21-12-10-20(11-13-21)14-22-18-19-16-8-4-5-9-17(16)23-18/h1-9H,10-14H2. The minimum Gasteiger partial charge on any atom is -0.369 e. The van der Waals surface area contributed by atoms with E-state index in [2.05, 4.69) is 64.4 Å². The lowest BCUT2D eigenvalue weighted by atomic mass is 10.2. The van der Waals surface area contributed by atoms with Gasteiger partial charge in [0.05, 0.1) is 16.1 Å². The molecule has 1 saturated heterocycles. The minimum atomic E-state index is 1.03. The molecule has 0 atom stereocenters. The van der Waals surface area contributed by atoms with Crippen LogP contribution in [0.5, 0.6) is 0 Å². The average molecular weight is 342 g/mol. The number of thioether (sulfide) groups is 1. The number of nitrogens with zero attached hydrogens (tertiary/aromatic N) is 3. The first-order valence-electron chi connectivity index (χ1n) is 7.89. The molecule has 1 aliphatic heterocycles. The van der Waals surface area contributed by atoms with E-state index in [-0.39, 0.29) is 0 Å². The molecule has 0 bridgehead atoms. The Kier molecular flexibility index (Phi) is 4.50. The molecule has 1 aromatic heterocycles. The molecule has 4 rings (SSSR count). The van der Waals surface area contributed by atoms with Gasteiger partial charge in [-0.3, -0.25) is 4.90 Å². The van der Waals surface area contributed by atoms with Crippen molar-refractivity contribution in [2.45, 2.75) is 4.34 Å². The van der Waals surface area contributed by atoms with Crippen molar-refractivity contribution in [3.63, 3.8) is 0 Å². The second kappa shape index (κ2) is 6.91. The maximum atomic E-state index is 4.70. The highest BCUT2D eigenvalue weighted by Gasteiger charge is 2.17. The van der Waals surface area contributed by atoms with E-state index in [4.69, 9.17) is 4.98 Å². The van der Waals surface area contributed by atoms with Gasteiger partial charge in [-0.15, -0.1) is 11.3 Å². The number of thiazole rings is 1. The molecule has 0 N–H and O–H groups in total. The first-order chi connectivity index (χ1) is 11.4. The van der Waals surface area contributed by atoms with Crippen LogP contribution in [0.3, 0.4) is 0 Å². The molecule has 23 heavy (non-hydrogen) atoms. The summed E-state index contributed by atoms with van der Waals surface area (Å²) in [5.41, 5.74) is 2.46. The van der Waals surface area contributed by atoms with Crippen molar-refractivity contribution in [3.8, 4) is 0 Å². The van der Waals surface area contributed by atoms with Crippen LogP contribution in [0.4, 0.5) is 5.69 Å². The van der Waals surface area contributed by atoms with Crippen LogP contribution in [-0.2, 0) is 0 Å². The number of piperazine rings is 1. The quantitative estimate of drug-likeness (QED) is 0.663. The summed E-state index contributed by atoms with van der Waals surface area (Å²) in [5, 5.41) is 0. The second-order valence-corrected chi connectivity index (χ2v) is 7.88. The van der Waals surface area contributed by atoms with Crippen molar-refractivity contribution in [2.75, 3.05) is 37.0 Å². The Morgan fingerprint density at radius 2 is 1.65 bits per heavy atom. The molecule has 1 fully saturated rings. The number of fused-ring (bicyclic) bond motifs is 1. The molecule has 2 aromatic carbocycles. The first-order valence-corrected chi connectivity index (χ1v) is 9.69. The lowest BCUT2D eigenvalue weighted by Gasteiger charge is -2.35. The molecule has 0 aliphatic carbocycles. The lowest BCUT2D eigenvalue weighted by molar-refractivity contribution is 0.301. The lowest BCUT2D eigenvalue weighted by Crippen LogP contribution is -2.46. The Bertz CT molecular complexity index is 731. The van der Waals surface area contributed by atoms with Crippen molar-refractivity contribution >= 4 is 39.0 Å². The van der Waals surface area contributed by atoms with Crippen LogP contribution in [0.2, 0.25) is 0 Å². The molecule has 5 heteroatoms. The van der Waals surface area contributed by atoms with Crippen LogP contribution in [0.1, 0.15) is 0 Å². The summed E-state index contributed by atoms with van der Waals surface area (Å²) < 4.78 is 2.46. The number of benzene rings is 2. The number of hydrogen-bond acceptors (Lipinski definition) is 5. The topological polar surface area (TPSA) is 19.4 Å². The molecule has 3 nitrogen and oxygen atoms in total. The molecule has 0 amide bonds. The fourth-order valence-corrected chi connectivity index (χ4v) is 4.91. The van der Waals surface area contributed by atoms with Crippen molar-refractivity contribution in [1.29, 1.82) is 0 Å². The van der Waals surface area contributed by atoms with E-state index < -0.39 is 0 Å². The van der Waals surface area contributed by atoms with E-state index in [0.29, 0.717) is 0 Å². The van der Waals surface area contributed by atoms with Gasteiger partial charge in [0, 0.05) is 31.9 Å². The molecule has 0 spiro atoms. The fourth-order valence-electron chi connectivity index (χ4n) is 2.83. The van der Waals surface area contributed by atoms with E-state index in [9.17, 15) is 0 Å². The van der Waals surface area contributed by atoms with Crippen molar-refractivity contribution in [2.24, 2.45) is 0 Å². The SMILES string of the molecule is c1ccc(N2CCN(CSc3nc4ccccc4s3)CC2)cc1. The zero-order valence-corrected chi connectivity index (χ0v) is 14.5. The van der Waals surface area contributed by atoms with E-state index in [1.54, 1.807) is 11.3 Å². The molecule has 0 unspecified atom stereocenters. The third kappa shape index (κ3) is 3.52. The van der Waals surface area contributed by atoms with Crippen molar-refractivity contribution in [3.05, 3.63) is 54.6 Å². The number of para-hydroxylation sites is 2. The molecule has 0 saturated carbocycles. The molecule has 0 radical (unpaired) electrons. The monoisotopic (exact) mass is 341 g/mol. The third-order valence-corrected chi connectivity index (χ3v) is 6.41. The largest absolute Gasteiger partial charge is 0.369 e. The molecule has 1 aliphatic rings. The average Bonchev–Trinajstić information content (AvgIpc) is 3.04.